The van der Waals surface area contributed by atoms with E-state index in [1.165, 1.54) is 0 Å². The Balaban J connectivity index is 2.05. The number of carbonyl (C=O) groups is 1. The van der Waals surface area contributed by atoms with Crippen molar-refractivity contribution in [3.63, 3.8) is 0 Å². The van der Waals surface area contributed by atoms with Gasteiger partial charge < -0.3 is 4.74 Å². The topological polar surface area (TPSA) is 26.3 Å². The van der Waals surface area contributed by atoms with Crippen molar-refractivity contribution in [3.05, 3.63) is 63.7 Å². The van der Waals surface area contributed by atoms with E-state index in [1.54, 1.807) is 12.1 Å². The summed E-state index contributed by atoms with van der Waals surface area (Å²) in [4.78, 5) is 12.5. The fraction of sp³-hybridized carbons (Fsp3) is 0.188. The summed E-state index contributed by atoms with van der Waals surface area (Å²) in [7, 11) is 0. The first-order valence-corrected chi connectivity index (χ1v) is 6.60. The van der Waals surface area contributed by atoms with Gasteiger partial charge in [0.15, 0.2) is 5.78 Å². The Labute approximate surface area is 117 Å². The molecule has 0 aromatic heterocycles. The molecule has 0 spiro atoms. The number of ether oxygens (including phenoxy) is 1. The Morgan fingerprint density at radius 3 is 2.89 bits per heavy atom. The van der Waals surface area contributed by atoms with Gasteiger partial charge in [0.2, 0.25) is 0 Å². The zero-order valence-electron chi connectivity index (χ0n) is 10.6. The van der Waals surface area contributed by atoms with E-state index in [9.17, 15) is 4.79 Å². The Bertz CT molecular complexity index is 662. The smallest absolute Gasteiger partial charge is 0.196 e. The minimum absolute atomic E-state index is 0.0153. The lowest BCUT2D eigenvalue weighted by Gasteiger charge is -2.08. The third-order valence-electron chi connectivity index (χ3n) is 3.38. The molecule has 3 rings (SSSR count). The molecule has 0 amide bonds. The summed E-state index contributed by atoms with van der Waals surface area (Å²) < 4.78 is 5.58. The van der Waals surface area contributed by atoms with Gasteiger partial charge in [-0.1, -0.05) is 23.7 Å². The summed E-state index contributed by atoms with van der Waals surface area (Å²) in [5.41, 5.74) is 3.29. The van der Waals surface area contributed by atoms with E-state index in [1.807, 2.05) is 31.2 Å². The van der Waals surface area contributed by atoms with Crippen molar-refractivity contribution in [2.45, 2.75) is 13.3 Å². The lowest BCUT2D eigenvalue weighted by atomic mass is 9.99. The molecule has 1 aliphatic heterocycles. The highest BCUT2D eigenvalue weighted by molar-refractivity contribution is 6.31. The summed E-state index contributed by atoms with van der Waals surface area (Å²) >= 11 is 5.99. The van der Waals surface area contributed by atoms with Crippen LogP contribution in [-0.2, 0) is 6.42 Å². The first-order valence-electron chi connectivity index (χ1n) is 6.22. The second kappa shape index (κ2) is 4.71. The first-order chi connectivity index (χ1) is 9.16. The van der Waals surface area contributed by atoms with Gasteiger partial charge in [-0.05, 0) is 42.3 Å². The molecule has 0 N–H and O–H groups in total. The molecule has 3 heteroatoms. The molecule has 2 nitrogen and oxygen atoms in total. The van der Waals surface area contributed by atoms with Gasteiger partial charge in [-0.15, -0.1) is 0 Å². The molecule has 1 heterocycles. The number of ketones is 1. The molecule has 0 atom stereocenters. The quantitative estimate of drug-likeness (QED) is 0.777. The number of fused-ring (bicyclic) bond motifs is 1. The van der Waals surface area contributed by atoms with Gasteiger partial charge in [0.05, 0.1) is 12.2 Å². The molecule has 0 aliphatic carbocycles. The molecule has 19 heavy (non-hydrogen) atoms. The van der Waals surface area contributed by atoms with E-state index in [4.69, 9.17) is 16.3 Å². The number of benzene rings is 2. The number of rotatable bonds is 2. The molecule has 0 saturated carbocycles. The van der Waals surface area contributed by atoms with Crippen molar-refractivity contribution in [2.75, 3.05) is 6.61 Å². The van der Waals surface area contributed by atoms with Crippen molar-refractivity contribution in [1.29, 1.82) is 0 Å². The molecule has 0 saturated heterocycles. The monoisotopic (exact) mass is 272 g/mol. The molecule has 0 fully saturated rings. The number of halogens is 1. The van der Waals surface area contributed by atoms with E-state index in [2.05, 4.69) is 0 Å². The van der Waals surface area contributed by atoms with Crippen LogP contribution in [0.5, 0.6) is 5.75 Å². The van der Waals surface area contributed by atoms with Gasteiger partial charge in [0, 0.05) is 17.0 Å². The largest absolute Gasteiger partial charge is 0.492 e. The van der Waals surface area contributed by atoms with Crippen molar-refractivity contribution in [3.8, 4) is 5.75 Å². The normalized spacial score (nSPS) is 12.9. The molecule has 96 valence electrons. The Morgan fingerprint density at radius 1 is 1.26 bits per heavy atom. The van der Waals surface area contributed by atoms with Crippen molar-refractivity contribution in [2.24, 2.45) is 0 Å². The van der Waals surface area contributed by atoms with Crippen LogP contribution >= 0.6 is 11.6 Å². The number of hydrogen-bond donors (Lipinski definition) is 0. The van der Waals surface area contributed by atoms with Crippen LogP contribution < -0.4 is 4.74 Å². The second-order valence-electron chi connectivity index (χ2n) is 4.69. The van der Waals surface area contributed by atoms with Crippen LogP contribution in [0.3, 0.4) is 0 Å². The summed E-state index contributed by atoms with van der Waals surface area (Å²) in [6, 6.07) is 11.1. The molecule has 1 aliphatic rings. The minimum Gasteiger partial charge on any atom is -0.492 e. The highest BCUT2D eigenvalue weighted by Gasteiger charge is 2.21. The predicted octanol–water partition coefficient (Wildman–Crippen LogP) is 3.81. The molecular weight excluding hydrogens is 260 g/mol. The van der Waals surface area contributed by atoms with E-state index in [-0.39, 0.29) is 5.78 Å². The highest BCUT2D eigenvalue weighted by Crippen LogP contribution is 2.31. The van der Waals surface area contributed by atoms with Crippen LogP contribution in [0.25, 0.3) is 0 Å². The lowest BCUT2D eigenvalue weighted by molar-refractivity contribution is 0.103. The summed E-state index contributed by atoms with van der Waals surface area (Å²) in [6.07, 6.45) is 0.871. The molecular formula is C16H13ClO2. The van der Waals surface area contributed by atoms with Crippen molar-refractivity contribution in [1.82, 2.24) is 0 Å². The van der Waals surface area contributed by atoms with Crippen molar-refractivity contribution < 1.29 is 9.53 Å². The molecule has 2 aromatic rings. The Morgan fingerprint density at radius 2 is 2.11 bits per heavy atom. The van der Waals surface area contributed by atoms with Gasteiger partial charge in [0.1, 0.15) is 5.75 Å². The van der Waals surface area contributed by atoms with Crippen LogP contribution in [0.1, 0.15) is 27.0 Å². The maximum atomic E-state index is 12.5. The second-order valence-corrected chi connectivity index (χ2v) is 5.09. The summed E-state index contributed by atoms with van der Waals surface area (Å²) in [6.45, 7) is 2.55. The van der Waals surface area contributed by atoms with E-state index < -0.39 is 0 Å². The Hall–Kier alpha value is -1.80. The highest BCUT2D eigenvalue weighted by atomic mass is 35.5. The van der Waals surface area contributed by atoms with Crippen LogP contribution in [0.15, 0.2) is 36.4 Å². The fourth-order valence-electron chi connectivity index (χ4n) is 2.34. The van der Waals surface area contributed by atoms with Crippen LogP contribution in [0, 0.1) is 6.92 Å². The van der Waals surface area contributed by atoms with Gasteiger partial charge in [-0.2, -0.15) is 0 Å². The van der Waals surface area contributed by atoms with Gasteiger partial charge in [-0.3, -0.25) is 4.79 Å². The standard InChI is InChI=1S/C16H13ClO2/c1-10-9-12(5-6-14(10)17)15(18)13-4-2-3-11-7-8-19-16(11)13/h2-6,9H,7-8H2,1H3. The predicted molar refractivity (Wildman–Crippen MR) is 75.3 cm³/mol. The van der Waals surface area contributed by atoms with E-state index >= 15 is 0 Å². The molecule has 0 bridgehead atoms. The zero-order chi connectivity index (χ0) is 13.4. The van der Waals surface area contributed by atoms with Crippen LogP contribution in [0.4, 0.5) is 0 Å². The number of aryl methyl sites for hydroxylation is 1. The lowest BCUT2D eigenvalue weighted by Crippen LogP contribution is -2.04. The van der Waals surface area contributed by atoms with E-state index in [0.29, 0.717) is 22.8 Å². The minimum atomic E-state index is -0.0153. The van der Waals surface area contributed by atoms with Gasteiger partial charge in [0.25, 0.3) is 0 Å². The fourth-order valence-corrected chi connectivity index (χ4v) is 2.45. The third-order valence-corrected chi connectivity index (χ3v) is 3.80. The first kappa shape index (κ1) is 12.2. The molecule has 2 aromatic carbocycles. The van der Waals surface area contributed by atoms with E-state index in [0.717, 1.165) is 23.3 Å². The maximum Gasteiger partial charge on any atom is 0.196 e. The summed E-state index contributed by atoms with van der Waals surface area (Å²) in [5.74, 6) is 0.721. The van der Waals surface area contributed by atoms with Gasteiger partial charge >= 0.3 is 0 Å². The third kappa shape index (κ3) is 2.13. The zero-order valence-corrected chi connectivity index (χ0v) is 11.3. The number of carbonyl (C=O) groups excluding carboxylic acids is 1. The average molecular weight is 273 g/mol. The van der Waals surface area contributed by atoms with Gasteiger partial charge in [-0.25, -0.2) is 0 Å². The molecule has 0 radical (unpaired) electrons. The van der Waals surface area contributed by atoms with Crippen LogP contribution in [-0.4, -0.2) is 12.4 Å². The van der Waals surface area contributed by atoms with Crippen LogP contribution in [0.2, 0.25) is 5.02 Å². The summed E-state index contributed by atoms with van der Waals surface area (Å²) in [5, 5.41) is 0.672. The molecule has 0 unspecified atom stereocenters. The Kier molecular flexibility index (Phi) is 3.03. The SMILES string of the molecule is Cc1cc(C(=O)c2cccc3c2OCC3)ccc1Cl. The average Bonchev–Trinajstić information content (AvgIpc) is 2.89. The van der Waals surface area contributed by atoms with Crippen molar-refractivity contribution >= 4 is 17.4 Å². The maximum absolute atomic E-state index is 12.5. The number of para-hydroxylation sites is 1. The number of hydrogen-bond acceptors (Lipinski definition) is 2.